The Morgan fingerprint density at radius 2 is 1.88 bits per heavy atom. The molecule has 2 fully saturated rings. The third-order valence-electron chi connectivity index (χ3n) is 4.58. The Morgan fingerprint density at radius 3 is 2.54 bits per heavy atom. The highest BCUT2D eigenvalue weighted by atomic mass is 35.5. The van der Waals surface area contributed by atoms with Gasteiger partial charge in [0.25, 0.3) is 0 Å². The molecule has 0 saturated carbocycles. The monoisotopic (exact) mass is 392 g/mol. The molecule has 0 N–H and O–H groups in total. The average Bonchev–Trinajstić information content (AvgIpc) is 2.58. The predicted molar refractivity (Wildman–Crippen MR) is 95.3 cm³/mol. The molecule has 5 nitrogen and oxygen atoms in total. The second kappa shape index (κ2) is 7.89. The molecule has 0 aliphatic carbocycles. The van der Waals surface area contributed by atoms with Gasteiger partial charge in [-0.25, -0.2) is 8.42 Å². The zero-order valence-electron chi connectivity index (χ0n) is 13.5. The van der Waals surface area contributed by atoms with Crippen molar-refractivity contribution in [1.82, 2.24) is 9.21 Å². The lowest BCUT2D eigenvalue weighted by molar-refractivity contribution is -0.0103. The van der Waals surface area contributed by atoms with E-state index in [-0.39, 0.29) is 16.0 Å². The third-order valence-corrected chi connectivity index (χ3v) is 7.19. The van der Waals surface area contributed by atoms with E-state index in [1.165, 1.54) is 22.9 Å². The molecule has 0 radical (unpaired) electrons. The van der Waals surface area contributed by atoms with Gasteiger partial charge < -0.3 is 4.74 Å². The summed E-state index contributed by atoms with van der Waals surface area (Å²) in [5.74, 6) is 0. The molecule has 2 heterocycles. The summed E-state index contributed by atoms with van der Waals surface area (Å²) in [4.78, 5) is 2.36. The Labute approximate surface area is 153 Å². The molecule has 24 heavy (non-hydrogen) atoms. The molecule has 1 aromatic rings. The lowest BCUT2D eigenvalue weighted by Crippen LogP contribution is -2.50. The molecule has 2 aliphatic heterocycles. The van der Waals surface area contributed by atoms with Gasteiger partial charge >= 0.3 is 0 Å². The maximum absolute atomic E-state index is 12.8. The zero-order valence-corrected chi connectivity index (χ0v) is 15.8. The van der Waals surface area contributed by atoms with E-state index in [9.17, 15) is 8.42 Å². The maximum atomic E-state index is 12.8. The molecule has 2 aliphatic rings. The van der Waals surface area contributed by atoms with Crippen molar-refractivity contribution in [3.05, 3.63) is 28.2 Å². The molecule has 0 spiro atoms. The Morgan fingerprint density at radius 1 is 1.12 bits per heavy atom. The van der Waals surface area contributed by atoms with Crippen molar-refractivity contribution in [1.29, 1.82) is 0 Å². The number of benzene rings is 1. The third kappa shape index (κ3) is 4.23. The van der Waals surface area contributed by atoms with E-state index in [1.807, 2.05) is 0 Å². The first-order valence-corrected chi connectivity index (χ1v) is 10.5. The van der Waals surface area contributed by atoms with Crippen LogP contribution in [0.2, 0.25) is 10.0 Å². The lowest BCUT2D eigenvalue weighted by atomic mass is 10.1. The summed E-state index contributed by atoms with van der Waals surface area (Å²) in [6.45, 7) is 4.04. The molecule has 1 atom stereocenters. The lowest BCUT2D eigenvalue weighted by Gasteiger charge is -2.36. The summed E-state index contributed by atoms with van der Waals surface area (Å²) in [6, 6.07) is 4.53. The first-order chi connectivity index (χ1) is 11.5. The quantitative estimate of drug-likeness (QED) is 0.790. The van der Waals surface area contributed by atoms with Crippen LogP contribution < -0.4 is 0 Å². The number of hydrogen-bond acceptors (Lipinski definition) is 4. The summed E-state index contributed by atoms with van der Waals surface area (Å²) in [5, 5.41) is 0.573. The van der Waals surface area contributed by atoms with Gasteiger partial charge in [0.2, 0.25) is 10.0 Å². The number of sulfonamides is 1. The SMILES string of the molecule is O=S(=O)(c1cc(Cl)ccc1Cl)N1CCN(C[C@H]2CCCCO2)CC1. The van der Waals surface area contributed by atoms with Crippen LogP contribution in [-0.4, -0.2) is 63.1 Å². The minimum absolute atomic E-state index is 0.0840. The second-order valence-electron chi connectivity index (χ2n) is 6.27. The van der Waals surface area contributed by atoms with Gasteiger partial charge in [-0.3, -0.25) is 4.90 Å². The van der Waals surface area contributed by atoms with Crippen molar-refractivity contribution in [2.45, 2.75) is 30.3 Å². The molecule has 134 valence electrons. The summed E-state index contributed by atoms with van der Waals surface area (Å²) in [5.41, 5.74) is 0. The highest BCUT2D eigenvalue weighted by molar-refractivity contribution is 7.89. The number of hydrogen-bond donors (Lipinski definition) is 0. The predicted octanol–water partition coefficient (Wildman–Crippen LogP) is 2.87. The Kier molecular flexibility index (Phi) is 6.06. The average molecular weight is 393 g/mol. The smallest absolute Gasteiger partial charge is 0.244 e. The molecule has 0 bridgehead atoms. The first kappa shape index (κ1) is 18.4. The molecular formula is C16H22Cl2N2O3S. The molecule has 0 aromatic heterocycles. The van der Waals surface area contributed by atoms with Gasteiger partial charge in [0.1, 0.15) is 4.90 Å². The number of nitrogens with zero attached hydrogens (tertiary/aromatic N) is 2. The van der Waals surface area contributed by atoms with Crippen LogP contribution in [0.15, 0.2) is 23.1 Å². The fourth-order valence-electron chi connectivity index (χ4n) is 3.21. The van der Waals surface area contributed by atoms with Gasteiger partial charge in [-0.05, 0) is 37.5 Å². The molecule has 0 unspecified atom stereocenters. The van der Waals surface area contributed by atoms with Crippen molar-refractivity contribution in [2.75, 3.05) is 39.3 Å². The van der Waals surface area contributed by atoms with Crippen molar-refractivity contribution in [2.24, 2.45) is 0 Å². The van der Waals surface area contributed by atoms with E-state index in [1.54, 1.807) is 6.07 Å². The van der Waals surface area contributed by atoms with Crippen molar-refractivity contribution < 1.29 is 13.2 Å². The van der Waals surface area contributed by atoms with Crippen LogP contribution >= 0.6 is 23.2 Å². The maximum Gasteiger partial charge on any atom is 0.244 e. The second-order valence-corrected chi connectivity index (χ2v) is 9.02. The minimum atomic E-state index is -3.61. The summed E-state index contributed by atoms with van der Waals surface area (Å²) < 4.78 is 32.8. The molecule has 8 heteroatoms. The standard InChI is InChI=1S/C16H22Cl2N2O3S/c17-13-4-5-15(18)16(11-13)24(21,22)20-8-6-19(7-9-20)12-14-3-1-2-10-23-14/h4-5,11,14H,1-3,6-10,12H2/t14-/m1/s1. The van der Waals surface area contributed by atoms with E-state index in [4.69, 9.17) is 27.9 Å². The summed E-state index contributed by atoms with van der Waals surface area (Å²) in [6.07, 6.45) is 3.73. The van der Waals surface area contributed by atoms with Crippen LogP contribution in [0.4, 0.5) is 0 Å². The van der Waals surface area contributed by atoms with Crippen molar-refractivity contribution in [3.63, 3.8) is 0 Å². The topological polar surface area (TPSA) is 49.9 Å². The van der Waals surface area contributed by atoms with Crippen molar-refractivity contribution >= 4 is 33.2 Å². The van der Waals surface area contributed by atoms with Crippen LogP contribution in [0.1, 0.15) is 19.3 Å². The molecular weight excluding hydrogens is 371 g/mol. The fraction of sp³-hybridized carbons (Fsp3) is 0.625. The van der Waals surface area contributed by atoms with E-state index in [2.05, 4.69) is 4.90 Å². The Hall–Kier alpha value is -0.370. The van der Waals surface area contributed by atoms with E-state index in [0.717, 1.165) is 26.0 Å². The molecule has 2 saturated heterocycles. The highest BCUT2D eigenvalue weighted by Crippen LogP contribution is 2.28. The van der Waals surface area contributed by atoms with Gasteiger partial charge in [-0.1, -0.05) is 23.2 Å². The van der Waals surface area contributed by atoms with Crippen LogP contribution in [0, 0.1) is 0 Å². The van der Waals surface area contributed by atoms with Gasteiger partial charge in [0.15, 0.2) is 0 Å². The van der Waals surface area contributed by atoms with Crippen LogP contribution in [0.5, 0.6) is 0 Å². The van der Waals surface area contributed by atoms with E-state index in [0.29, 0.717) is 31.2 Å². The molecule has 1 aromatic carbocycles. The van der Waals surface area contributed by atoms with Crippen LogP contribution in [0.3, 0.4) is 0 Å². The Balaban J connectivity index is 1.62. The summed E-state index contributed by atoms with van der Waals surface area (Å²) in [7, 11) is -3.61. The minimum Gasteiger partial charge on any atom is -0.377 e. The first-order valence-electron chi connectivity index (χ1n) is 8.26. The van der Waals surface area contributed by atoms with E-state index >= 15 is 0 Å². The molecule has 3 rings (SSSR count). The number of ether oxygens (including phenoxy) is 1. The van der Waals surface area contributed by atoms with Crippen molar-refractivity contribution in [3.8, 4) is 0 Å². The van der Waals surface area contributed by atoms with Crippen LogP contribution in [-0.2, 0) is 14.8 Å². The van der Waals surface area contributed by atoms with Gasteiger partial charge in [-0.2, -0.15) is 4.31 Å². The fourth-order valence-corrected chi connectivity index (χ4v) is 5.37. The number of rotatable bonds is 4. The zero-order chi connectivity index (χ0) is 17.2. The number of piperazine rings is 1. The number of halogens is 2. The largest absolute Gasteiger partial charge is 0.377 e. The van der Waals surface area contributed by atoms with Gasteiger partial charge in [-0.15, -0.1) is 0 Å². The normalized spacial score (nSPS) is 24.2. The highest BCUT2D eigenvalue weighted by Gasteiger charge is 2.31. The summed E-state index contributed by atoms with van der Waals surface area (Å²) >= 11 is 12.0. The van der Waals surface area contributed by atoms with Gasteiger partial charge in [0, 0.05) is 44.4 Å². The van der Waals surface area contributed by atoms with E-state index < -0.39 is 10.0 Å². The Bertz CT molecular complexity index is 670. The van der Waals surface area contributed by atoms with Crippen LogP contribution in [0.25, 0.3) is 0 Å². The molecule has 0 amide bonds. The van der Waals surface area contributed by atoms with Gasteiger partial charge in [0.05, 0.1) is 11.1 Å².